The molecular weight excluding hydrogens is 202 g/mol. The van der Waals surface area contributed by atoms with Gasteiger partial charge in [0.05, 0.1) is 13.2 Å². The lowest BCUT2D eigenvalue weighted by molar-refractivity contribution is 0.0635. The van der Waals surface area contributed by atoms with Crippen LogP contribution < -0.4 is 5.32 Å². The number of hydrogen-bond acceptors (Lipinski definition) is 3. The van der Waals surface area contributed by atoms with Crippen LogP contribution in [0.4, 0.5) is 0 Å². The molecule has 1 aliphatic rings. The second-order valence-electron chi connectivity index (χ2n) is 4.95. The first-order valence-electron chi connectivity index (χ1n) is 6.54. The van der Waals surface area contributed by atoms with Gasteiger partial charge in [-0.25, -0.2) is 0 Å². The SMILES string of the molecule is CNCC1(CCCOCCOC)CCCC1. The summed E-state index contributed by atoms with van der Waals surface area (Å²) in [4.78, 5) is 0. The molecule has 0 aliphatic heterocycles. The molecular formula is C13H27NO2. The summed E-state index contributed by atoms with van der Waals surface area (Å²) in [6.07, 6.45) is 8.10. The Morgan fingerprint density at radius 1 is 1.12 bits per heavy atom. The molecule has 0 bridgehead atoms. The molecule has 1 rings (SSSR count). The van der Waals surface area contributed by atoms with Crippen molar-refractivity contribution < 1.29 is 9.47 Å². The summed E-state index contributed by atoms with van der Waals surface area (Å²) < 4.78 is 10.5. The monoisotopic (exact) mass is 229 g/mol. The molecule has 0 spiro atoms. The maximum Gasteiger partial charge on any atom is 0.0700 e. The summed E-state index contributed by atoms with van der Waals surface area (Å²) in [7, 11) is 3.78. The standard InChI is InChI=1S/C13H27NO2/c1-14-12-13(6-3-4-7-13)8-5-9-16-11-10-15-2/h14H,3-12H2,1-2H3. The van der Waals surface area contributed by atoms with Gasteiger partial charge in [-0.15, -0.1) is 0 Å². The predicted molar refractivity (Wildman–Crippen MR) is 66.8 cm³/mol. The highest BCUT2D eigenvalue weighted by Crippen LogP contribution is 2.41. The molecule has 0 aromatic heterocycles. The van der Waals surface area contributed by atoms with Crippen molar-refractivity contribution in [2.45, 2.75) is 38.5 Å². The van der Waals surface area contributed by atoms with Crippen LogP contribution in [0.15, 0.2) is 0 Å². The van der Waals surface area contributed by atoms with Gasteiger partial charge in [-0.3, -0.25) is 0 Å². The van der Waals surface area contributed by atoms with Gasteiger partial charge < -0.3 is 14.8 Å². The van der Waals surface area contributed by atoms with E-state index < -0.39 is 0 Å². The highest BCUT2D eigenvalue weighted by Gasteiger charge is 2.32. The fourth-order valence-corrected chi connectivity index (χ4v) is 2.81. The van der Waals surface area contributed by atoms with E-state index in [2.05, 4.69) is 12.4 Å². The van der Waals surface area contributed by atoms with Crippen LogP contribution in [0.3, 0.4) is 0 Å². The van der Waals surface area contributed by atoms with Crippen molar-refractivity contribution in [3.8, 4) is 0 Å². The minimum atomic E-state index is 0.569. The van der Waals surface area contributed by atoms with Crippen molar-refractivity contribution in [1.82, 2.24) is 5.32 Å². The van der Waals surface area contributed by atoms with E-state index in [-0.39, 0.29) is 0 Å². The van der Waals surface area contributed by atoms with Crippen LogP contribution in [-0.4, -0.2) is 40.5 Å². The van der Waals surface area contributed by atoms with Crippen molar-refractivity contribution in [1.29, 1.82) is 0 Å². The van der Waals surface area contributed by atoms with E-state index in [9.17, 15) is 0 Å². The molecule has 3 nitrogen and oxygen atoms in total. The Kier molecular flexibility index (Phi) is 7.01. The third-order valence-electron chi connectivity index (χ3n) is 3.64. The largest absolute Gasteiger partial charge is 0.382 e. The first kappa shape index (κ1) is 13.9. The normalized spacial score (nSPS) is 19.1. The van der Waals surface area contributed by atoms with Gasteiger partial charge >= 0.3 is 0 Å². The van der Waals surface area contributed by atoms with Gasteiger partial charge in [-0.2, -0.15) is 0 Å². The smallest absolute Gasteiger partial charge is 0.0700 e. The van der Waals surface area contributed by atoms with E-state index in [0.717, 1.165) is 13.2 Å². The summed E-state index contributed by atoms with van der Waals surface area (Å²) >= 11 is 0. The van der Waals surface area contributed by atoms with Crippen LogP contribution in [0.5, 0.6) is 0 Å². The molecule has 96 valence electrons. The van der Waals surface area contributed by atoms with E-state index >= 15 is 0 Å². The van der Waals surface area contributed by atoms with E-state index in [1.165, 1.54) is 45.1 Å². The van der Waals surface area contributed by atoms with Gasteiger partial charge in [0.25, 0.3) is 0 Å². The fourth-order valence-electron chi connectivity index (χ4n) is 2.81. The van der Waals surface area contributed by atoms with E-state index in [0.29, 0.717) is 12.0 Å². The van der Waals surface area contributed by atoms with Gasteiger partial charge in [0.2, 0.25) is 0 Å². The molecule has 0 aromatic carbocycles. The van der Waals surface area contributed by atoms with Crippen molar-refractivity contribution in [3.05, 3.63) is 0 Å². The van der Waals surface area contributed by atoms with Crippen LogP contribution in [0.1, 0.15) is 38.5 Å². The Bertz CT molecular complexity index is 167. The second kappa shape index (κ2) is 8.04. The van der Waals surface area contributed by atoms with Crippen molar-refractivity contribution in [2.24, 2.45) is 5.41 Å². The number of ether oxygens (including phenoxy) is 2. The topological polar surface area (TPSA) is 30.5 Å². The average molecular weight is 229 g/mol. The molecule has 1 N–H and O–H groups in total. The molecule has 0 amide bonds. The molecule has 1 aliphatic carbocycles. The number of methoxy groups -OCH3 is 1. The molecule has 0 unspecified atom stereocenters. The fraction of sp³-hybridized carbons (Fsp3) is 1.00. The molecule has 3 heteroatoms. The first-order chi connectivity index (χ1) is 7.83. The molecule has 0 saturated heterocycles. The first-order valence-corrected chi connectivity index (χ1v) is 6.54. The van der Waals surface area contributed by atoms with E-state index in [1.807, 2.05) is 0 Å². The summed E-state index contributed by atoms with van der Waals surface area (Å²) in [6.45, 7) is 3.50. The zero-order valence-electron chi connectivity index (χ0n) is 10.9. The molecule has 0 heterocycles. The van der Waals surface area contributed by atoms with Crippen LogP contribution in [0, 0.1) is 5.41 Å². The van der Waals surface area contributed by atoms with Crippen LogP contribution in [0.25, 0.3) is 0 Å². The van der Waals surface area contributed by atoms with E-state index in [1.54, 1.807) is 7.11 Å². The molecule has 1 fully saturated rings. The maximum atomic E-state index is 5.51. The lowest BCUT2D eigenvalue weighted by atomic mass is 9.81. The van der Waals surface area contributed by atoms with Gasteiger partial charge in [0, 0.05) is 20.3 Å². The second-order valence-corrected chi connectivity index (χ2v) is 4.95. The minimum absolute atomic E-state index is 0.569. The van der Waals surface area contributed by atoms with Gasteiger partial charge in [0.15, 0.2) is 0 Å². The third kappa shape index (κ3) is 4.81. The summed E-state index contributed by atoms with van der Waals surface area (Å²) in [5.41, 5.74) is 0.569. The van der Waals surface area contributed by atoms with E-state index in [4.69, 9.17) is 9.47 Å². The zero-order valence-corrected chi connectivity index (χ0v) is 10.9. The molecule has 0 radical (unpaired) electrons. The third-order valence-corrected chi connectivity index (χ3v) is 3.64. The van der Waals surface area contributed by atoms with Crippen molar-refractivity contribution in [3.63, 3.8) is 0 Å². The quantitative estimate of drug-likeness (QED) is 0.615. The Labute approximate surface area is 99.9 Å². The lowest BCUT2D eigenvalue weighted by Gasteiger charge is -2.28. The van der Waals surface area contributed by atoms with Crippen molar-refractivity contribution in [2.75, 3.05) is 40.5 Å². The summed E-state index contributed by atoms with van der Waals surface area (Å²) in [6, 6.07) is 0. The highest BCUT2D eigenvalue weighted by atomic mass is 16.5. The van der Waals surface area contributed by atoms with Gasteiger partial charge in [-0.1, -0.05) is 12.8 Å². The Balaban J connectivity index is 2.08. The predicted octanol–water partition coefficient (Wildman–Crippen LogP) is 2.21. The zero-order chi connectivity index (χ0) is 11.7. The minimum Gasteiger partial charge on any atom is -0.382 e. The van der Waals surface area contributed by atoms with Crippen molar-refractivity contribution >= 4 is 0 Å². The molecule has 0 aromatic rings. The highest BCUT2D eigenvalue weighted by molar-refractivity contribution is 4.86. The lowest BCUT2D eigenvalue weighted by Crippen LogP contribution is -2.30. The van der Waals surface area contributed by atoms with Crippen LogP contribution in [-0.2, 0) is 9.47 Å². The van der Waals surface area contributed by atoms with Gasteiger partial charge in [0.1, 0.15) is 0 Å². The number of rotatable bonds is 9. The van der Waals surface area contributed by atoms with Gasteiger partial charge in [-0.05, 0) is 38.1 Å². The van der Waals surface area contributed by atoms with Crippen LogP contribution >= 0.6 is 0 Å². The Morgan fingerprint density at radius 3 is 2.50 bits per heavy atom. The maximum absolute atomic E-state index is 5.51. The molecule has 0 atom stereocenters. The summed E-state index contributed by atoms with van der Waals surface area (Å²) in [5, 5.41) is 3.35. The molecule has 1 saturated carbocycles. The number of nitrogens with one attached hydrogen (secondary N) is 1. The summed E-state index contributed by atoms with van der Waals surface area (Å²) in [5.74, 6) is 0. The van der Waals surface area contributed by atoms with Crippen LogP contribution in [0.2, 0.25) is 0 Å². The number of hydrogen-bond donors (Lipinski definition) is 1. The average Bonchev–Trinajstić information content (AvgIpc) is 2.73. The Morgan fingerprint density at radius 2 is 1.88 bits per heavy atom. The molecule has 16 heavy (non-hydrogen) atoms. The Hall–Kier alpha value is -0.120.